The number of fused-ring (bicyclic) bond motifs is 1. The zero-order valence-electron chi connectivity index (χ0n) is 9.13. The molecule has 0 unspecified atom stereocenters. The largest absolute Gasteiger partial charge is 0.325 e. The monoisotopic (exact) mass is 241 g/mol. The van der Waals surface area contributed by atoms with Gasteiger partial charge in [-0.15, -0.1) is 11.3 Å². The maximum Gasteiger partial charge on any atom is 0.124 e. The van der Waals surface area contributed by atoms with Crippen molar-refractivity contribution >= 4 is 22.2 Å². The molecule has 4 heteroatoms. The smallest absolute Gasteiger partial charge is 0.124 e. The number of benzene rings is 1. The lowest BCUT2D eigenvalue weighted by Gasteiger charge is -2.02. The first-order valence-corrected chi connectivity index (χ1v) is 6.25. The lowest BCUT2D eigenvalue weighted by molar-refractivity contribution is 1.01. The van der Waals surface area contributed by atoms with Crippen molar-refractivity contribution < 1.29 is 0 Å². The van der Waals surface area contributed by atoms with E-state index in [2.05, 4.69) is 16.0 Å². The van der Waals surface area contributed by atoms with E-state index in [1.165, 1.54) is 0 Å². The minimum atomic E-state index is 0.486. The van der Waals surface area contributed by atoms with Gasteiger partial charge in [-0.3, -0.25) is 4.98 Å². The Morgan fingerprint density at radius 2 is 2.06 bits per heavy atom. The number of para-hydroxylation sites is 1. The molecule has 0 saturated carbocycles. The summed E-state index contributed by atoms with van der Waals surface area (Å²) in [5, 5.41) is 4.14. The van der Waals surface area contributed by atoms with Crippen LogP contribution in [0.2, 0.25) is 0 Å². The van der Waals surface area contributed by atoms with Crippen LogP contribution in [0, 0.1) is 0 Å². The number of nitrogens with two attached hydrogens (primary N) is 1. The van der Waals surface area contributed by atoms with Crippen LogP contribution >= 0.6 is 11.3 Å². The predicted molar refractivity (Wildman–Crippen MR) is 70.7 cm³/mol. The lowest BCUT2D eigenvalue weighted by atomic mass is 10.1. The maximum atomic E-state index is 5.59. The molecule has 3 rings (SSSR count). The van der Waals surface area contributed by atoms with Gasteiger partial charge in [0.05, 0.1) is 11.2 Å². The van der Waals surface area contributed by atoms with Gasteiger partial charge in [-0.1, -0.05) is 18.2 Å². The second kappa shape index (κ2) is 4.24. The third-order valence-electron chi connectivity index (χ3n) is 2.64. The standard InChI is InChI=1S/C13H11N3S/c14-7-9-8-17-13(16-9)11-5-6-15-12-4-2-1-3-10(11)12/h1-6,8H,7,14H2. The zero-order valence-corrected chi connectivity index (χ0v) is 9.95. The summed E-state index contributed by atoms with van der Waals surface area (Å²) in [5.41, 5.74) is 8.64. The van der Waals surface area contributed by atoms with E-state index in [4.69, 9.17) is 5.73 Å². The fourth-order valence-corrected chi connectivity index (χ4v) is 2.68. The van der Waals surface area contributed by atoms with Gasteiger partial charge in [0, 0.05) is 29.1 Å². The fraction of sp³-hybridized carbons (Fsp3) is 0.0769. The molecule has 1 aromatic carbocycles. The quantitative estimate of drug-likeness (QED) is 0.750. The highest BCUT2D eigenvalue weighted by Crippen LogP contribution is 2.29. The molecule has 0 aliphatic carbocycles. The van der Waals surface area contributed by atoms with Crippen LogP contribution in [0.5, 0.6) is 0 Å². The Morgan fingerprint density at radius 1 is 1.18 bits per heavy atom. The minimum absolute atomic E-state index is 0.486. The fourth-order valence-electron chi connectivity index (χ4n) is 1.81. The van der Waals surface area contributed by atoms with E-state index in [1.54, 1.807) is 11.3 Å². The van der Waals surface area contributed by atoms with Crippen LogP contribution in [-0.2, 0) is 6.54 Å². The van der Waals surface area contributed by atoms with Crippen LogP contribution in [0.3, 0.4) is 0 Å². The highest BCUT2D eigenvalue weighted by Gasteiger charge is 2.07. The minimum Gasteiger partial charge on any atom is -0.325 e. The first kappa shape index (κ1) is 10.4. The first-order valence-electron chi connectivity index (χ1n) is 5.37. The average Bonchev–Trinajstić information content (AvgIpc) is 2.87. The van der Waals surface area contributed by atoms with Crippen molar-refractivity contribution in [2.24, 2.45) is 5.73 Å². The molecule has 0 aliphatic rings. The van der Waals surface area contributed by atoms with E-state index in [0.717, 1.165) is 27.2 Å². The molecule has 3 nitrogen and oxygen atoms in total. The van der Waals surface area contributed by atoms with Crippen molar-refractivity contribution in [3.63, 3.8) is 0 Å². The van der Waals surface area contributed by atoms with Crippen LogP contribution in [-0.4, -0.2) is 9.97 Å². The normalized spacial score (nSPS) is 10.9. The van der Waals surface area contributed by atoms with Crippen molar-refractivity contribution in [3.8, 4) is 10.6 Å². The maximum absolute atomic E-state index is 5.59. The Morgan fingerprint density at radius 3 is 2.88 bits per heavy atom. The number of thiazole rings is 1. The van der Waals surface area contributed by atoms with Gasteiger partial charge in [0.1, 0.15) is 5.01 Å². The van der Waals surface area contributed by atoms with Crippen LogP contribution < -0.4 is 5.73 Å². The third-order valence-corrected chi connectivity index (χ3v) is 3.56. The molecule has 3 aromatic rings. The summed E-state index contributed by atoms with van der Waals surface area (Å²) < 4.78 is 0. The van der Waals surface area contributed by atoms with Crippen molar-refractivity contribution in [2.75, 3.05) is 0 Å². The summed E-state index contributed by atoms with van der Waals surface area (Å²) in [6.45, 7) is 0.486. The summed E-state index contributed by atoms with van der Waals surface area (Å²) in [4.78, 5) is 8.86. The summed E-state index contributed by atoms with van der Waals surface area (Å²) >= 11 is 1.62. The van der Waals surface area contributed by atoms with Crippen LogP contribution in [0.4, 0.5) is 0 Å². The molecule has 0 aliphatic heterocycles. The van der Waals surface area contributed by atoms with Gasteiger partial charge in [-0.25, -0.2) is 4.98 Å². The molecule has 0 amide bonds. The molecular weight excluding hydrogens is 230 g/mol. The predicted octanol–water partition coefficient (Wildman–Crippen LogP) is 2.82. The van der Waals surface area contributed by atoms with Gasteiger partial charge in [0.2, 0.25) is 0 Å². The number of hydrogen-bond donors (Lipinski definition) is 1. The average molecular weight is 241 g/mol. The Hall–Kier alpha value is -1.78. The number of nitrogens with zero attached hydrogens (tertiary/aromatic N) is 2. The van der Waals surface area contributed by atoms with Gasteiger partial charge in [0.15, 0.2) is 0 Å². The zero-order chi connectivity index (χ0) is 11.7. The van der Waals surface area contributed by atoms with Crippen LogP contribution in [0.25, 0.3) is 21.5 Å². The second-order valence-electron chi connectivity index (χ2n) is 3.72. The molecule has 2 N–H and O–H groups in total. The molecule has 0 saturated heterocycles. The number of aromatic nitrogens is 2. The topological polar surface area (TPSA) is 51.8 Å². The van der Waals surface area contributed by atoms with E-state index in [1.807, 2.05) is 35.8 Å². The molecule has 0 atom stereocenters. The van der Waals surface area contributed by atoms with Gasteiger partial charge < -0.3 is 5.73 Å². The SMILES string of the molecule is NCc1csc(-c2ccnc3ccccc23)n1. The van der Waals surface area contributed by atoms with Crippen LogP contribution in [0.1, 0.15) is 5.69 Å². The van der Waals surface area contributed by atoms with Crippen molar-refractivity contribution in [3.05, 3.63) is 47.6 Å². The van der Waals surface area contributed by atoms with Gasteiger partial charge in [-0.05, 0) is 12.1 Å². The molecule has 0 spiro atoms. The molecular formula is C13H11N3S. The van der Waals surface area contributed by atoms with Gasteiger partial charge >= 0.3 is 0 Å². The second-order valence-corrected chi connectivity index (χ2v) is 4.58. The van der Waals surface area contributed by atoms with Crippen LogP contribution in [0.15, 0.2) is 41.9 Å². The van der Waals surface area contributed by atoms with E-state index in [-0.39, 0.29) is 0 Å². The van der Waals surface area contributed by atoms with Crippen molar-refractivity contribution in [1.82, 2.24) is 9.97 Å². The molecule has 0 bridgehead atoms. The summed E-state index contributed by atoms with van der Waals surface area (Å²) in [6.07, 6.45) is 1.82. The highest BCUT2D eigenvalue weighted by atomic mass is 32.1. The van der Waals surface area contributed by atoms with E-state index >= 15 is 0 Å². The Balaban J connectivity index is 2.23. The van der Waals surface area contributed by atoms with E-state index in [0.29, 0.717) is 6.54 Å². The van der Waals surface area contributed by atoms with Crippen molar-refractivity contribution in [2.45, 2.75) is 6.54 Å². The molecule has 0 fully saturated rings. The van der Waals surface area contributed by atoms with E-state index in [9.17, 15) is 0 Å². The molecule has 0 radical (unpaired) electrons. The summed E-state index contributed by atoms with van der Waals surface area (Å²) in [5.74, 6) is 0. The molecule has 2 aromatic heterocycles. The summed E-state index contributed by atoms with van der Waals surface area (Å²) in [6, 6.07) is 10.1. The van der Waals surface area contributed by atoms with Crippen molar-refractivity contribution in [1.29, 1.82) is 0 Å². The molecule has 17 heavy (non-hydrogen) atoms. The number of pyridine rings is 1. The Kier molecular flexibility index (Phi) is 2.59. The van der Waals surface area contributed by atoms with E-state index < -0.39 is 0 Å². The molecule has 2 heterocycles. The first-order chi connectivity index (χ1) is 8.38. The number of hydrogen-bond acceptors (Lipinski definition) is 4. The highest BCUT2D eigenvalue weighted by molar-refractivity contribution is 7.13. The number of rotatable bonds is 2. The summed E-state index contributed by atoms with van der Waals surface area (Å²) in [7, 11) is 0. The molecule has 84 valence electrons. The third kappa shape index (κ3) is 1.81. The van der Waals surface area contributed by atoms with Gasteiger partial charge in [-0.2, -0.15) is 0 Å². The Bertz CT molecular complexity index is 655. The van der Waals surface area contributed by atoms with Gasteiger partial charge in [0.25, 0.3) is 0 Å². The lowest BCUT2D eigenvalue weighted by Crippen LogP contribution is -1.95. The Labute approximate surface area is 103 Å².